The minimum Gasteiger partial charge on any atom is -0.462 e. The number of nitro benzene ring substituents is 1. The number of ether oxygens (including phenoxy) is 1. The van der Waals surface area contributed by atoms with Crippen molar-refractivity contribution >= 4 is 34.0 Å². The summed E-state index contributed by atoms with van der Waals surface area (Å²) in [5.41, 5.74) is 0.943. The average Bonchev–Trinajstić information content (AvgIpc) is 3.45. The van der Waals surface area contributed by atoms with Gasteiger partial charge in [-0.25, -0.2) is 14.8 Å². The molecular formula is C23H19N5O5S. The van der Waals surface area contributed by atoms with Crippen molar-refractivity contribution in [3.63, 3.8) is 0 Å². The summed E-state index contributed by atoms with van der Waals surface area (Å²) < 4.78 is 6.77. The fourth-order valence-electron chi connectivity index (χ4n) is 3.25. The number of carbonyl (C=O) groups is 2. The van der Waals surface area contributed by atoms with Crippen molar-refractivity contribution < 1.29 is 19.2 Å². The van der Waals surface area contributed by atoms with Gasteiger partial charge >= 0.3 is 5.97 Å². The van der Waals surface area contributed by atoms with Gasteiger partial charge in [0.2, 0.25) is 0 Å². The number of aryl methyl sites for hydroxylation is 1. The van der Waals surface area contributed by atoms with Gasteiger partial charge in [0.25, 0.3) is 11.6 Å². The largest absolute Gasteiger partial charge is 0.462 e. The Kier molecular flexibility index (Phi) is 6.46. The normalized spacial score (nSPS) is 10.6. The van der Waals surface area contributed by atoms with Crippen molar-refractivity contribution in [3.8, 4) is 22.0 Å². The smallest absolute Gasteiger partial charge is 0.338 e. The number of aromatic nitrogens is 3. The number of benzene rings is 2. The van der Waals surface area contributed by atoms with E-state index in [1.807, 2.05) is 48.1 Å². The maximum Gasteiger partial charge on any atom is 0.338 e. The number of nitro groups is 1. The average molecular weight is 478 g/mol. The third-order valence-corrected chi connectivity index (χ3v) is 5.79. The van der Waals surface area contributed by atoms with Crippen molar-refractivity contribution in [2.24, 2.45) is 7.05 Å². The molecule has 10 nitrogen and oxygen atoms in total. The van der Waals surface area contributed by atoms with Crippen LogP contribution < -0.4 is 5.32 Å². The molecule has 0 saturated carbocycles. The highest BCUT2D eigenvalue weighted by molar-refractivity contribution is 7.19. The van der Waals surface area contributed by atoms with E-state index in [0.717, 1.165) is 22.6 Å². The topological polar surface area (TPSA) is 129 Å². The summed E-state index contributed by atoms with van der Waals surface area (Å²) in [4.78, 5) is 45.5. The fraction of sp³-hybridized carbons (Fsp3) is 0.130. The van der Waals surface area contributed by atoms with Crippen LogP contribution in [-0.4, -0.2) is 37.9 Å². The molecule has 0 saturated heterocycles. The highest BCUT2D eigenvalue weighted by Gasteiger charge is 2.22. The predicted octanol–water partition coefficient (Wildman–Crippen LogP) is 4.55. The zero-order valence-electron chi connectivity index (χ0n) is 18.2. The van der Waals surface area contributed by atoms with E-state index in [1.54, 1.807) is 13.1 Å². The standard InChI is InChI=1S/C23H19N5O5S/c1-3-33-22(30)16-11-15(12-17(13-16)28(31)32)21(29)26-23-25-18(14-7-5-4-6-8-14)19(34-23)20-24-9-10-27(20)2/h4-13H,3H2,1-2H3,(H,25,26,29). The van der Waals surface area contributed by atoms with Crippen molar-refractivity contribution in [1.29, 1.82) is 0 Å². The van der Waals surface area contributed by atoms with Crippen LogP contribution in [0.5, 0.6) is 0 Å². The number of anilines is 1. The molecular weight excluding hydrogens is 458 g/mol. The minimum atomic E-state index is -0.752. The second-order valence-corrected chi connectivity index (χ2v) is 8.12. The van der Waals surface area contributed by atoms with Crippen LogP contribution in [0.4, 0.5) is 10.8 Å². The molecule has 0 fully saturated rings. The number of thiazole rings is 1. The Balaban J connectivity index is 1.71. The zero-order chi connectivity index (χ0) is 24.2. The molecule has 4 aromatic rings. The lowest BCUT2D eigenvalue weighted by molar-refractivity contribution is -0.384. The number of amides is 1. The maximum atomic E-state index is 13.0. The molecule has 1 amide bonds. The Hall–Kier alpha value is -4.38. The molecule has 1 N–H and O–H groups in total. The van der Waals surface area contributed by atoms with Gasteiger partial charge in [0, 0.05) is 42.7 Å². The molecule has 0 radical (unpaired) electrons. The molecule has 0 spiro atoms. The molecule has 172 valence electrons. The molecule has 34 heavy (non-hydrogen) atoms. The van der Waals surface area contributed by atoms with E-state index in [1.165, 1.54) is 17.4 Å². The van der Waals surface area contributed by atoms with Gasteiger partial charge in [-0.15, -0.1) is 0 Å². The predicted molar refractivity (Wildman–Crippen MR) is 127 cm³/mol. The third-order valence-electron chi connectivity index (χ3n) is 4.82. The van der Waals surface area contributed by atoms with Gasteiger partial charge in [0.05, 0.1) is 27.7 Å². The monoisotopic (exact) mass is 477 g/mol. The second-order valence-electron chi connectivity index (χ2n) is 7.12. The van der Waals surface area contributed by atoms with Crippen LogP contribution >= 0.6 is 11.3 Å². The summed E-state index contributed by atoms with van der Waals surface area (Å²) in [7, 11) is 1.86. The van der Waals surface area contributed by atoms with E-state index in [4.69, 9.17) is 4.74 Å². The van der Waals surface area contributed by atoms with E-state index in [9.17, 15) is 19.7 Å². The molecule has 0 aliphatic rings. The Labute approximate surface area is 198 Å². The molecule has 2 aromatic carbocycles. The number of hydrogen-bond acceptors (Lipinski definition) is 8. The molecule has 2 aromatic heterocycles. The van der Waals surface area contributed by atoms with Crippen LogP contribution in [0.3, 0.4) is 0 Å². The summed E-state index contributed by atoms with van der Waals surface area (Å²) in [5, 5.41) is 14.3. The van der Waals surface area contributed by atoms with Gasteiger partial charge in [-0.05, 0) is 13.0 Å². The summed E-state index contributed by atoms with van der Waals surface area (Å²) >= 11 is 1.23. The van der Waals surface area contributed by atoms with Gasteiger partial charge in [-0.1, -0.05) is 41.7 Å². The Morgan fingerprint density at radius 2 is 1.91 bits per heavy atom. The first kappa shape index (κ1) is 22.8. The van der Waals surface area contributed by atoms with E-state index in [0.29, 0.717) is 11.5 Å². The van der Waals surface area contributed by atoms with Crippen LogP contribution in [0.2, 0.25) is 0 Å². The molecule has 0 aliphatic carbocycles. The van der Waals surface area contributed by atoms with Crippen molar-refractivity contribution in [1.82, 2.24) is 14.5 Å². The first-order valence-electron chi connectivity index (χ1n) is 10.2. The SMILES string of the molecule is CCOC(=O)c1cc(C(=O)Nc2nc(-c3ccccc3)c(-c3nccn3C)s2)cc([N+](=O)[O-])c1. The van der Waals surface area contributed by atoms with Crippen LogP contribution in [0.1, 0.15) is 27.6 Å². The Bertz CT molecular complexity index is 1380. The molecule has 0 bridgehead atoms. The zero-order valence-corrected chi connectivity index (χ0v) is 19.0. The first-order valence-corrected chi connectivity index (χ1v) is 11.0. The number of rotatable bonds is 7. The fourth-order valence-corrected chi connectivity index (χ4v) is 4.27. The lowest BCUT2D eigenvalue weighted by Crippen LogP contribution is -2.14. The maximum absolute atomic E-state index is 13.0. The van der Waals surface area contributed by atoms with Crippen LogP contribution in [0.25, 0.3) is 22.0 Å². The minimum absolute atomic E-state index is 0.0627. The lowest BCUT2D eigenvalue weighted by Gasteiger charge is -2.06. The number of imidazole rings is 1. The number of nitrogens with zero attached hydrogens (tertiary/aromatic N) is 4. The number of nitrogens with one attached hydrogen (secondary N) is 1. The summed E-state index contributed by atoms with van der Waals surface area (Å²) in [5.74, 6) is -0.719. The van der Waals surface area contributed by atoms with Gasteiger partial charge in [-0.2, -0.15) is 0 Å². The molecule has 0 aliphatic heterocycles. The number of carbonyl (C=O) groups excluding carboxylic acids is 2. The van der Waals surface area contributed by atoms with E-state index in [2.05, 4.69) is 15.3 Å². The van der Waals surface area contributed by atoms with Crippen LogP contribution in [0.15, 0.2) is 60.9 Å². The Morgan fingerprint density at radius 3 is 2.56 bits per heavy atom. The molecule has 11 heteroatoms. The van der Waals surface area contributed by atoms with Crippen molar-refractivity contribution in [3.05, 3.63) is 82.2 Å². The van der Waals surface area contributed by atoms with Crippen LogP contribution in [0, 0.1) is 10.1 Å². The van der Waals surface area contributed by atoms with Gasteiger partial charge < -0.3 is 9.30 Å². The molecule has 4 rings (SSSR count). The highest BCUT2D eigenvalue weighted by Crippen LogP contribution is 2.38. The van der Waals surface area contributed by atoms with Crippen LogP contribution in [-0.2, 0) is 11.8 Å². The van der Waals surface area contributed by atoms with Crippen molar-refractivity contribution in [2.75, 3.05) is 11.9 Å². The van der Waals surface area contributed by atoms with Crippen molar-refractivity contribution in [2.45, 2.75) is 6.92 Å². The van der Waals surface area contributed by atoms with E-state index >= 15 is 0 Å². The summed E-state index contributed by atoms with van der Waals surface area (Å²) in [6.45, 7) is 1.72. The van der Waals surface area contributed by atoms with Gasteiger partial charge in [0.15, 0.2) is 11.0 Å². The molecule has 0 unspecified atom stereocenters. The molecule has 0 atom stereocenters. The summed E-state index contributed by atoms with van der Waals surface area (Å²) in [6.07, 6.45) is 3.48. The third kappa shape index (κ3) is 4.69. The second kappa shape index (κ2) is 9.63. The van der Waals surface area contributed by atoms with Gasteiger partial charge in [-0.3, -0.25) is 20.2 Å². The quantitative estimate of drug-likeness (QED) is 0.235. The van der Waals surface area contributed by atoms with Gasteiger partial charge in [0.1, 0.15) is 0 Å². The number of esters is 1. The molecule has 2 heterocycles. The number of non-ortho nitro benzene ring substituents is 1. The number of hydrogen-bond donors (Lipinski definition) is 1. The van der Waals surface area contributed by atoms with E-state index in [-0.39, 0.29) is 22.9 Å². The Morgan fingerprint density at radius 1 is 1.18 bits per heavy atom. The first-order chi connectivity index (χ1) is 16.4. The lowest BCUT2D eigenvalue weighted by atomic mass is 10.1. The summed E-state index contributed by atoms with van der Waals surface area (Å²) in [6, 6.07) is 12.9. The van der Waals surface area contributed by atoms with E-state index < -0.39 is 22.5 Å². The highest BCUT2D eigenvalue weighted by atomic mass is 32.1.